The van der Waals surface area contributed by atoms with Gasteiger partial charge in [0.25, 0.3) is 5.91 Å². The zero-order valence-electron chi connectivity index (χ0n) is 13.8. The fraction of sp³-hybridized carbons (Fsp3) is 0.529. The number of carbonyl (C=O) groups excluding carboxylic acids is 1. The van der Waals surface area contributed by atoms with E-state index in [1.165, 1.54) is 6.42 Å². The van der Waals surface area contributed by atoms with Crippen molar-refractivity contribution < 1.29 is 9.21 Å². The highest BCUT2D eigenvalue weighted by Gasteiger charge is 2.30. The highest BCUT2D eigenvalue weighted by atomic mass is 16.4. The Morgan fingerprint density at radius 3 is 2.50 bits per heavy atom. The zero-order valence-corrected chi connectivity index (χ0v) is 13.8. The van der Waals surface area contributed by atoms with Crippen molar-refractivity contribution in [2.45, 2.75) is 32.1 Å². The number of rotatable bonds is 3. The van der Waals surface area contributed by atoms with Crippen molar-refractivity contribution in [1.29, 1.82) is 0 Å². The molecule has 1 aliphatic carbocycles. The van der Waals surface area contributed by atoms with Gasteiger partial charge in [-0.1, -0.05) is 6.42 Å². The summed E-state index contributed by atoms with van der Waals surface area (Å²) < 4.78 is 5.73. The Morgan fingerprint density at radius 2 is 1.88 bits per heavy atom. The molecule has 0 N–H and O–H groups in total. The largest absolute Gasteiger partial charge is 0.445 e. The predicted molar refractivity (Wildman–Crippen MR) is 88.0 cm³/mol. The van der Waals surface area contributed by atoms with Gasteiger partial charge in [0.1, 0.15) is 5.76 Å². The van der Waals surface area contributed by atoms with Crippen molar-refractivity contribution >= 4 is 11.9 Å². The molecule has 24 heavy (non-hydrogen) atoms. The van der Waals surface area contributed by atoms with Crippen LogP contribution < -0.4 is 4.90 Å². The molecule has 1 amide bonds. The lowest BCUT2D eigenvalue weighted by Crippen LogP contribution is -2.49. The fourth-order valence-electron chi connectivity index (χ4n) is 3.16. The highest BCUT2D eigenvalue weighted by Crippen LogP contribution is 2.36. The van der Waals surface area contributed by atoms with Crippen LogP contribution in [0, 0.1) is 6.92 Å². The number of aryl methyl sites for hydroxylation is 1. The van der Waals surface area contributed by atoms with Gasteiger partial charge in [0.15, 0.2) is 11.6 Å². The number of piperazine rings is 1. The summed E-state index contributed by atoms with van der Waals surface area (Å²) in [6.45, 7) is 4.56. The van der Waals surface area contributed by atoms with Gasteiger partial charge in [0.2, 0.25) is 5.95 Å². The van der Waals surface area contributed by atoms with Crippen molar-refractivity contribution in [2.75, 3.05) is 31.1 Å². The summed E-state index contributed by atoms with van der Waals surface area (Å²) in [4.78, 5) is 29.7. The number of amides is 1. The summed E-state index contributed by atoms with van der Waals surface area (Å²) in [6, 6.07) is 1.80. The first kappa shape index (κ1) is 15.1. The van der Waals surface area contributed by atoms with Gasteiger partial charge in [-0.25, -0.2) is 15.0 Å². The summed E-state index contributed by atoms with van der Waals surface area (Å²) in [5, 5.41) is 0. The van der Waals surface area contributed by atoms with Gasteiger partial charge < -0.3 is 14.2 Å². The minimum atomic E-state index is -0.0320. The lowest BCUT2D eigenvalue weighted by Gasteiger charge is -2.34. The van der Waals surface area contributed by atoms with Gasteiger partial charge in [0.05, 0.1) is 0 Å². The number of carbonyl (C=O) groups is 1. The van der Waals surface area contributed by atoms with E-state index < -0.39 is 0 Å². The Labute approximate surface area is 140 Å². The van der Waals surface area contributed by atoms with Gasteiger partial charge in [0, 0.05) is 44.5 Å². The van der Waals surface area contributed by atoms with E-state index >= 15 is 0 Å². The minimum absolute atomic E-state index is 0.0320. The topological polar surface area (TPSA) is 75.4 Å². The Balaban J connectivity index is 1.42. The number of anilines is 1. The Morgan fingerprint density at radius 1 is 1.17 bits per heavy atom. The van der Waals surface area contributed by atoms with Crippen molar-refractivity contribution in [2.24, 2.45) is 0 Å². The molecular formula is C17H21N5O2. The van der Waals surface area contributed by atoms with E-state index in [2.05, 4.69) is 19.9 Å². The van der Waals surface area contributed by atoms with Crippen molar-refractivity contribution in [3.05, 3.63) is 35.8 Å². The van der Waals surface area contributed by atoms with Crippen molar-refractivity contribution in [3.8, 4) is 0 Å². The van der Waals surface area contributed by atoms with Crippen LogP contribution in [0.1, 0.15) is 47.3 Å². The van der Waals surface area contributed by atoms with Crippen LogP contribution in [0.15, 0.2) is 22.9 Å². The zero-order chi connectivity index (χ0) is 16.5. The van der Waals surface area contributed by atoms with Crippen LogP contribution in [0.5, 0.6) is 0 Å². The normalized spacial score (nSPS) is 18.5. The molecule has 2 fully saturated rings. The lowest BCUT2D eigenvalue weighted by atomic mass is 9.85. The molecule has 0 radical (unpaired) electrons. The van der Waals surface area contributed by atoms with E-state index in [0.717, 1.165) is 37.8 Å². The van der Waals surface area contributed by atoms with Crippen molar-refractivity contribution in [1.82, 2.24) is 19.9 Å². The monoisotopic (exact) mass is 327 g/mol. The molecule has 0 aromatic carbocycles. The van der Waals surface area contributed by atoms with Crippen LogP contribution >= 0.6 is 0 Å². The first-order valence-electron chi connectivity index (χ1n) is 8.51. The standard InChI is InChI=1S/C17H21N5O2/c1-12-14(20-15(24-12)13-4-2-5-13)16(23)21-8-10-22(11-9-21)17-18-6-3-7-19-17/h3,6-7,13H,2,4-5,8-11H2,1H3. The van der Waals surface area contributed by atoms with Gasteiger partial charge >= 0.3 is 0 Å². The number of nitrogens with zero attached hydrogens (tertiary/aromatic N) is 5. The van der Waals surface area contributed by atoms with E-state index in [9.17, 15) is 4.79 Å². The second-order valence-electron chi connectivity index (χ2n) is 6.41. The summed E-state index contributed by atoms with van der Waals surface area (Å²) in [7, 11) is 0. The molecule has 1 saturated heterocycles. The summed E-state index contributed by atoms with van der Waals surface area (Å²) in [6.07, 6.45) is 6.92. The molecular weight excluding hydrogens is 306 g/mol. The first-order chi connectivity index (χ1) is 11.7. The van der Waals surface area contributed by atoms with Gasteiger partial charge in [-0.15, -0.1) is 0 Å². The van der Waals surface area contributed by atoms with Gasteiger partial charge in [-0.2, -0.15) is 0 Å². The molecule has 2 aromatic rings. The average molecular weight is 327 g/mol. The summed E-state index contributed by atoms with van der Waals surface area (Å²) in [5.74, 6) is 2.46. The van der Waals surface area contributed by atoms with Gasteiger partial charge in [-0.3, -0.25) is 4.79 Å². The highest BCUT2D eigenvalue weighted by molar-refractivity contribution is 5.93. The second-order valence-corrected chi connectivity index (χ2v) is 6.41. The maximum absolute atomic E-state index is 12.8. The van der Waals surface area contributed by atoms with Crippen LogP contribution in [0.4, 0.5) is 5.95 Å². The average Bonchev–Trinajstić information content (AvgIpc) is 2.95. The van der Waals surface area contributed by atoms with Crippen LogP contribution in [-0.4, -0.2) is 51.9 Å². The molecule has 7 heteroatoms. The minimum Gasteiger partial charge on any atom is -0.445 e. The molecule has 0 atom stereocenters. The van der Waals surface area contributed by atoms with Crippen LogP contribution in [0.3, 0.4) is 0 Å². The molecule has 0 spiro atoms. The molecule has 0 unspecified atom stereocenters. The Hall–Kier alpha value is -2.44. The van der Waals surface area contributed by atoms with Gasteiger partial charge in [-0.05, 0) is 25.8 Å². The SMILES string of the molecule is Cc1oc(C2CCC2)nc1C(=O)N1CCN(c2ncccn2)CC1. The Bertz CT molecular complexity index is 718. The third-order valence-electron chi connectivity index (χ3n) is 4.87. The van der Waals surface area contributed by atoms with Crippen molar-refractivity contribution in [3.63, 3.8) is 0 Å². The lowest BCUT2D eigenvalue weighted by molar-refractivity contribution is 0.0739. The molecule has 2 aliphatic rings. The van der Waals surface area contributed by atoms with E-state index in [4.69, 9.17) is 4.42 Å². The maximum atomic E-state index is 12.8. The Kier molecular flexibility index (Phi) is 3.92. The van der Waals surface area contributed by atoms with E-state index in [1.54, 1.807) is 18.5 Å². The van der Waals surface area contributed by atoms with Crippen LogP contribution in [0.2, 0.25) is 0 Å². The maximum Gasteiger partial charge on any atom is 0.276 e. The number of oxazole rings is 1. The van der Waals surface area contributed by atoms with Crippen LogP contribution in [0.25, 0.3) is 0 Å². The van der Waals surface area contributed by atoms with E-state index in [1.807, 2.05) is 11.8 Å². The molecule has 7 nitrogen and oxygen atoms in total. The smallest absolute Gasteiger partial charge is 0.276 e. The third-order valence-corrected chi connectivity index (χ3v) is 4.87. The number of hydrogen-bond donors (Lipinski definition) is 0. The number of hydrogen-bond acceptors (Lipinski definition) is 6. The summed E-state index contributed by atoms with van der Waals surface area (Å²) >= 11 is 0. The molecule has 0 bridgehead atoms. The third kappa shape index (κ3) is 2.74. The van der Waals surface area contributed by atoms with E-state index in [0.29, 0.717) is 30.5 Å². The summed E-state index contributed by atoms with van der Waals surface area (Å²) in [5.41, 5.74) is 0.473. The van der Waals surface area contributed by atoms with E-state index in [-0.39, 0.29) is 5.91 Å². The second kappa shape index (κ2) is 6.22. The number of aromatic nitrogens is 3. The molecule has 126 valence electrons. The van der Waals surface area contributed by atoms with Crippen LogP contribution in [-0.2, 0) is 0 Å². The molecule has 3 heterocycles. The molecule has 4 rings (SSSR count). The molecule has 1 saturated carbocycles. The molecule has 2 aromatic heterocycles. The first-order valence-corrected chi connectivity index (χ1v) is 8.51. The quantitative estimate of drug-likeness (QED) is 0.858. The predicted octanol–water partition coefficient (Wildman–Crippen LogP) is 2.00. The molecule has 1 aliphatic heterocycles. The fourth-order valence-corrected chi connectivity index (χ4v) is 3.16.